The Labute approximate surface area is 167 Å². The number of Topliss-reactive ketones (excluding diaryl/α,β-unsaturated/α-hetero) is 1. The molecule has 0 atom stereocenters. The van der Waals surface area contributed by atoms with Gasteiger partial charge in [-0.15, -0.1) is 0 Å². The van der Waals surface area contributed by atoms with E-state index in [1.807, 2.05) is 56.3 Å². The molecule has 5 rings (SSSR count). The predicted molar refractivity (Wildman–Crippen MR) is 115 cm³/mol. The van der Waals surface area contributed by atoms with Crippen LogP contribution in [-0.2, 0) is 6.42 Å². The van der Waals surface area contributed by atoms with E-state index in [1.54, 1.807) is 0 Å². The maximum Gasteiger partial charge on any atom is 0.185 e. The van der Waals surface area contributed by atoms with Crippen molar-refractivity contribution < 1.29 is 4.79 Å². The van der Waals surface area contributed by atoms with E-state index >= 15 is 0 Å². The van der Waals surface area contributed by atoms with Crippen LogP contribution in [0.1, 0.15) is 27.4 Å². The fraction of sp³-hybridized carbons (Fsp3) is 0.125. The van der Waals surface area contributed by atoms with Gasteiger partial charge in [-0.3, -0.25) is 14.9 Å². The number of nitrogens with zero attached hydrogens (tertiary/aromatic N) is 2. The van der Waals surface area contributed by atoms with Gasteiger partial charge in [0.25, 0.3) is 0 Å². The quantitative estimate of drug-likeness (QED) is 0.424. The molecule has 0 bridgehead atoms. The number of carbonyl (C=O) groups excluding carboxylic acids is 1. The van der Waals surface area contributed by atoms with Gasteiger partial charge in [0.2, 0.25) is 0 Å². The molecule has 0 radical (unpaired) electrons. The summed E-state index contributed by atoms with van der Waals surface area (Å²) < 4.78 is 0. The lowest BCUT2D eigenvalue weighted by Crippen LogP contribution is -2.03. The maximum atomic E-state index is 12.7. The number of pyridine rings is 1. The Morgan fingerprint density at radius 1 is 0.897 bits per heavy atom. The molecule has 2 aromatic carbocycles. The van der Waals surface area contributed by atoms with Crippen molar-refractivity contribution in [1.29, 1.82) is 0 Å². The molecule has 29 heavy (non-hydrogen) atoms. The Kier molecular flexibility index (Phi) is 4.02. The summed E-state index contributed by atoms with van der Waals surface area (Å²) in [5.74, 6) is 0.0308. The number of hydrogen-bond donors (Lipinski definition) is 2. The van der Waals surface area contributed by atoms with Gasteiger partial charge in [-0.25, -0.2) is 4.98 Å². The number of benzene rings is 2. The molecule has 0 saturated carbocycles. The lowest BCUT2D eigenvalue weighted by atomic mass is 10.1. The van der Waals surface area contributed by atoms with Crippen LogP contribution in [0.2, 0.25) is 0 Å². The predicted octanol–water partition coefficient (Wildman–Crippen LogP) is 5.15. The van der Waals surface area contributed by atoms with Crippen molar-refractivity contribution in [2.45, 2.75) is 20.3 Å². The lowest BCUT2D eigenvalue weighted by Gasteiger charge is -2.03. The van der Waals surface area contributed by atoms with Crippen LogP contribution in [0.5, 0.6) is 0 Å². The number of nitrogens with one attached hydrogen (secondary N) is 2. The Morgan fingerprint density at radius 3 is 2.41 bits per heavy atom. The van der Waals surface area contributed by atoms with Gasteiger partial charge in [0.1, 0.15) is 5.69 Å². The number of hydrogen-bond acceptors (Lipinski definition) is 3. The van der Waals surface area contributed by atoms with Gasteiger partial charge in [-0.2, -0.15) is 0 Å². The zero-order valence-corrected chi connectivity index (χ0v) is 16.3. The molecule has 0 fully saturated rings. The van der Waals surface area contributed by atoms with Crippen LogP contribution in [0, 0.1) is 13.8 Å². The Balaban J connectivity index is 1.56. The number of aromatic amines is 2. The van der Waals surface area contributed by atoms with Crippen molar-refractivity contribution in [2.24, 2.45) is 0 Å². The van der Waals surface area contributed by atoms with Crippen LogP contribution in [0.15, 0.2) is 60.7 Å². The van der Waals surface area contributed by atoms with Crippen LogP contribution in [0.3, 0.4) is 0 Å². The van der Waals surface area contributed by atoms with E-state index in [0.29, 0.717) is 12.1 Å². The first-order valence-corrected chi connectivity index (χ1v) is 9.60. The van der Waals surface area contributed by atoms with E-state index in [0.717, 1.165) is 50.0 Å². The van der Waals surface area contributed by atoms with Gasteiger partial charge in [0, 0.05) is 34.1 Å². The van der Waals surface area contributed by atoms with Crippen molar-refractivity contribution in [1.82, 2.24) is 20.2 Å². The molecule has 5 aromatic rings. The third-order valence-corrected chi connectivity index (χ3v) is 5.15. The second kappa shape index (κ2) is 6.71. The van der Waals surface area contributed by atoms with E-state index in [4.69, 9.17) is 0 Å². The van der Waals surface area contributed by atoms with Gasteiger partial charge >= 0.3 is 0 Å². The fourth-order valence-corrected chi connectivity index (χ4v) is 3.86. The molecular formula is C24H20N4O. The van der Waals surface area contributed by atoms with Crippen LogP contribution in [0.25, 0.3) is 33.1 Å². The van der Waals surface area contributed by atoms with E-state index < -0.39 is 0 Å². The van der Waals surface area contributed by atoms with Crippen molar-refractivity contribution in [3.63, 3.8) is 0 Å². The van der Waals surface area contributed by atoms with Crippen molar-refractivity contribution in [3.05, 3.63) is 83.3 Å². The van der Waals surface area contributed by atoms with Gasteiger partial charge in [-0.1, -0.05) is 30.3 Å². The summed E-state index contributed by atoms with van der Waals surface area (Å²) in [4.78, 5) is 21.7. The van der Waals surface area contributed by atoms with E-state index in [1.165, 1.54) is 0 Å². The highest BCUT2D eigenvalue weighted by molar-refractivity contribution is 6.05. The number of H-pyrrole nitrogens is 2. The molecule has 0 unspecified atom stereocenters. The highest BCUT2D eigenvalue weighted by Crippen LogP contribution is 2.31. The molecule has 142 valence electrons. The SMILES string of the molecule is Cc1cc(-c2[nH][nH]c3cc4nc(C(=O)Cc5ccccc5)cc4cc23)cc(C)n1. The summed E-state index contributed by atoms with van der Waals surface area (Å²) in [5, 5.41) is 8.53. The minimum Gasteiger partial charge on any atom is -0.300 e. The molecule has 5 heteroatoms. The zero-order valence-electron chi connectivity index (χ0n) is 16.3. The normalized spacial score (nSPS) is 11.4. The summed E-state index contributed by atoms with van der Waals surface area (Å²) in [7, 11) is 0. The largest absolute Gasteiger partial charge is 0.300 e. The number of aryl methyl sites for hydroxylation is 2. The highest BCUT2D eigenvalue weighted by Gasteiger charge is 2.15. The molecule has 0 spiro atoms. The monoisotopic (exact) mass is 380 g/mol. The van der Waals surface area contributed by atoms with Crippen molar-refractivity contribution in [3.8, 4) is 11.3 Å². The molecule has 3 heterocycles. The second-order valence-electron chi connectivity index (χ2n) is 7.45. The van der Waals surface area contributed by atoms with E-state index in [-0.39, 0.29) is 5.78 Å². The van der Waals surface area contributed by atoms with Gasteiger partial charge in [0.15, 0.2) is 5.78 Å². The van der Waals surface area contributed by atoms with Crippen LogP contribution < -0.4 is 0 Å². The first-order chi connectivity index (χ1) is 14.1. The molecule has 0 aliphatic heterocycles. The van der Waals surface area contributed by atoms with Gasteiger partial charge in [-0.05, 0) is 49.7 Å². The summed E-state index contributed by atoms with van der Waals surface area (Å²) in [5.41, 5.74) is 7.33. The average Bonchev–Trinajstić information content (AvgIpc) is 3.29. The van der Waals surface area contributed by atoms with Crippen molar-refractivity contribution in [2.75, 3.05) is 0 Å². The Bertz CT molecular complexity index is 1340. The number of fused-ring (bicyclic) bond motifs is 2. The average molecular weight is 380 g/mol. The first-order valence-electron chi connectivity index (χ1n) is 9.60. The minimum atomic E-state index is 0.0308. The third kappa shape index (κ3) is 3.21. The number of aromatic nitrogens is 4. The van der Waals surface area contributed by atoms with Gasteiger partial charge < -0.3 is 5.10 Å². The van der Waals surface area contributed by atoms with Crippen LogP contribution >= 0.6 is 0 Å². The molecule has 0 aliphatic rings. The fourth-order valence-electron chi connectivity index (χ4n) is 3.86. The smallest absolute Gasteiger partial charge is 0.185 e. The topological polar surface area (TPSA) is 74.4 Å². The van der Waals surface area contributed by atoms with Crippen LogP contribution in [0.4, 0.5) is 0 Å². The summed E-state index contributed by atoms with van der Waals surface area (Å²) in [6.45, 7) is 3.99. The maximum absolute atomic E-state index is 12.7. The summed E-state index contributed by atoms with van der Waals surface area (Å²) in [6.07, 6.45) is 0.358. The number of ketones is 1. The number of carbonyl (C=O) groups is 1. The lowest BCUT2D eigenvalue weighted by molar-refractivity contribution is 0.0989. The van der Waals surface area contributed by atoms with Crippen molar-refractivity contribution >= 4 is 27.6 Å². The van der Waals surface area contributed by atoms with E-state index in [9.17, 15) is 4.79 Å². The third-order valence-electron chi connectivity index (χ3n) is 5.15. The molecule has 0 aliphatic carbocycles. The Hall–Kier alpha value is -3.73. The first kappa shape index (κ1) is 17.4. The minimum absolute atomic E-state index is 0.0308. The zero-order chi connectivity index (χ0) is 20.0. The molecule has 5 nitrogen and oxygen atoms in total. The van der Waals surface area contributed by atoms with Crippen LogP contribution in [-0.4, -0.2) is 25.9 Å². The van der Waals surface area contributed by atoms with Gasteiger partial charge in [0.05, 0.1) is 16.7 Å². The molecule has 0 amide bonds. The molecule has 2 N–H and O–H groups in total. The second-order valence-corrected chi connectivity index (χ2v) is 7.45. The highest BCUT2D eigenvalue weighted by atomic mass is 16.1. The van der Waals surface area contributed by atoms with E-state index in [2.05, 4.69) is 38.4 Å². The number of rotatable bonds is 4. The summed E-state index contributed by atoms with van der Waals surface area (Å²) >= 11 is 0. The Morgan fingerprint density at radius 2 is 1.66 bits per heavy atom. The molecular weight excluding hydrogens is 360 g/mol. The standard InChI is InChI=1S/C24H20N4O/c1-14-8-18(9-15(2)25-14)24-19-11-17-12-22(26-20(17)13-21(19)27-28-24)23(29)10-16-6-4-3-5-7-16/h3-9,11-13,27-28H,10H2,1-2H3. The molecule has 0 saturated heterocycles. The summed E-state index contributed by atoms with van der Waals surface area (Å²) in [6, 6.07) is 19.9. The molecule has 3 aromatic heterocycles.